The van der Waals surface area contributed by atoms with Crippen molar-refractivity contribution in [1.29, 1.82) is 0 Å². The van der Waals surface area contributed by atoms with Gasteiger partial charge in [0.15, 0.2) is 0 Å². The molecule has 2 aliphatic rings. The minimum absolute atomic E-state index is 0.0391. The highest BCUT2D eigenvalue weighted by molar-refractivity contribution is 8.02. The van der Waals surface area contributed by atoms with E-state index < -0.39 is 0 Å². The van der Waals surface area contributed by atoms with Gasteiger partial charge < -0.3 is 8.83 Å². The number of hydrogen-bond donors (Lipinski definition) is 2. The summed E-state index contributed by atoms with van der Waals surface area (Å²) in [5, 5.41) is 0.640. The Hall–Kier alpha value is -0.390. The zero-order chi connectivity index (χ0) is 19.1. The predicted octanol–water partition coefficient (Wildman–Crippen LogP) is 7.06. The second-order valence-corrected chi connectivity index (χ2v) is 11.2. The van der Waals surface area contributed by atoms with Gasteiger partial charge in [-0.05, 0) is 51.7 Å². The Labute approximate surface area is 178 Å². The van der Waals surface area contributed by atoms with Crippen LogP contribution in [0.25, 0.3) is 0 Å². The van der Waals surface area contributed by atoms with Gasteiger partial charge in [-0.2, -0.15) is 25.3 Å². The molecule has 27 heavy (non-hydrogen) atoms. The van der Waals surface area contributed by atoms with E-state index in [1.165, 1.54) is 36.8 Å². The average Bonchev–Trinajstić information content (AvgIpc) is 3.28. The molecule has 2 aromatic heterocycles. The van der Waals surface area contributed by atoms with Gasteiger partial charge in [0.2, 0.25) is 0 Å². The Kier molecular flexibility index (Phi) is 5.75. The molecule has 4 rings (SSSR count). The molecule has 0 amide bonds. The van der Waals surface area contributed by atoms with Crippen LogP contribution in [0.15, 0.2) is 33.5 Å². The van der Waals surface area contributed by atoms with E-state index in [0.29, 0.717) is 10.5 Å². The van der Waals surface area contributed by atoms with E-state index in [1.54, 1.807) is 0 Å². The van der Waals surface area contributed by atoms with Gasteiger partial charge in [0.05, 0.1) is 22.0 Å². The van der Waals surface area contributed by atoms with Gasteiger partial charge in [-0.25, -0.2) is 0 Å². The van der Waals surface area contributed by atoms with Crippen LogP contribution >= 0.6 is 37.0 Å². The van der Waals surface area contributed by atoms with Crippen molar-refractivity contribution in [2.45, 2.75) is 85.2 Å². The first-order chi connectivity index (χ1) is 13.0. The van der Waals surface area contributed by atoms with Gasteiger partial charge in [0.25, 0.3) is 0 Å². The zero-order valence-corrected chi connectivity index (χ0v) is 18.8. The third-order valence-electron chi connectivity index (χ3n) is 6.43. The zero-order valence-electron chi connectivity index (χ0n) is 16.2. The molecule has 4 atom stereocenters. The minimum Gasteiger partial charge on any atom is -0.469 e. The van der Waals surface area contributed by atoms with Gasteiger partial charge >= 0.3 is 0 Å². The summed E-state index contributed by atoms with van der Waals surface area (Å²) in [5.74, 6) is 1.96. The summed E-state index contributed by atoms with van der Waals surface area (Å²) in [6, 6.07) is 4.46. The summed E-state index contributed by atoms with van der Waals surface area (Å²) >= 11 is 12.4. The van der Waals surface area contributed by atoms with Crippen LogP contribution in [0.3, 0.4) is 0 Å². The van der Waals surface area contributed by atoms with Gasteiger partial charge in [-0.15, -0.1) is 11.8 Å². The van der Waals surface area contributed by atoms with E-state index in [4.69, 9.17) is 34.1 Å². The maximum Gasteiger partial charge on any atom is 0.101 e. The van der Waals surface area contributed by atoms with Crippen molar-refractivity contribution in [1.82, 2.24) is 0 Å². The fourth-order valence-electron chi connectivity index (χ4n) is 4.94. The highest BCUT2D eigenvalue weighted by Gasteiger charge is 2.52. The molecule has 5 heteroatoms. The van der Waals surface area contributed by atoms with Gasteiger partial charge in [-0.1, -0.05) is 25.7 Å². The number of furan rings is 2. The van der Waals surface area contributed by atoms with Crippen LogP contribution < -0.4 is 0 Å². The van der Waals surface area contributed by atoms with Crippen molar-refractivity contribution < 1.29 is 8.83 Å². The lowest BCUT2D eigenvalue weighted by atomic mass is 9.82. The van der Waals surface area contributed by atoms with Crippen LogP contribution in [0.2, 0.25) is 0 Å². The first kappa shape index (κ1) is 19.9. The number of rotatable bonds is 4. The molecule has 2 heterocycles. The molecule has 0 spiro atoms. The normalized spacial score (nSPS) is 34.7. The monoisotopic (exact) mass is 422 g/mol. The van der Waals surface area contributed by atoms with Crippen molar-refractivity contribution in [2.24, 2.45) is 0 Å². The SMILES string of the molecule is Cc1cc(C2(SC3(c4coc(C)c4)CCCCC3S)CCCCC2S)co1. The highest BCUT2D eigenvalue weighted by atomic mass is 32.2. The van der Waals surface area contributed by atoms with E-state index in [1.807, 2.05) is 26.4 Å². The molecule has 2 saturated carbocycles. The molecular formula is C22H30O2S3. The Morgan fingerprint density at radius 1 is 0.815 bits per heavy atom. The van der Waals surface area contributed by atoms with E-state index in [-0.39, 0.29) is 9.49 Å². The molecular weight excluding hydrogens is 392 g/mol. The molecule has 148 valence electrons. The standard InChI is InChI=1S/C22H30O2S3/c1-15-11-17(13-23-15)21(9-5-3-7-19(21)25)27-22(10-6-4-8-20(22)26)18-12-16(2)24-14-18/h11-14,19-20,25-26H,3-10H2,1-2H3. The maximum absolute atomic E-state index is 5.76. The lowest BCUT2D eigenvalue weighted by Crippen LogP contribution is -2.45. The predicted molar refractivity (Wildman–Crippen MR) is 120 cm³/mol. The Morgan fingerprint density at radius 3 is 1.59 bits per heavy atom. The summed E-state index contributed by atoms with van der Waals surface area (Å²) < 4.78 is 11.5. The van der Waals surface area contributed by atoms with Crippen molar-refractivity contribution in [3.8, 4) is 0 Å². The lowest BCUT2D eigenvalue weighted by Gasteiger charge is -2.51. The van der Waals surface area contributed by atoms with Crippen LogP contribution in [-0.2, 0) is 9.49 Å². The third kappa shape index (κ3) is 3.53. The molecule has 0 bridgehead atoms. The molecule has 0 aromatic carbocycles. The van der Waals surface area contributed by atoms with Crippen molar-refractivity contribution in [3.05, 3.63) is 47.3 Å². The smallest absolute Gasteiger partial charge is 0.101 e. The topological polar surface area (TPSA) is 26.3 Å². The molecule has 2 aromatic rings. The molecule has 0 saturated heterocycles. The van der Waals surface area contributed by atoms with Crippen molar-refractivity contribution in [3.63, 3.8) is 0 Å². The molecule has 0 radical (unpaired) electrons. The number of aryl methyl sites for hydroxylation is 2. The van der Waals surface area contributed by atoms with E-state index in [0.717, 1.165) is 37.2 Å². The Balaban J connectivity index is 1.81. The second kappa shape index (κ2) is 7.79. The number of thioether (sulfide) groups is 1. The van der Waals surface area contributed by atoms with E-state index in [9.17, 15) is 0 Å². The summed E-state index contributed by atoms with van der Waals surface area (Å²) in [4.78, 5) is 0. The fraction of sp³-hybridized carbons (Fsp3) is 0.636. The highest BCUT2D eigenvalue weighted by Crippen LogP contribution is 2.62. The van der Waals surface area contributed by atoms with E-state index >= 15 is 0 Å². The van der Waals surface area contributed by atoms with Gasteiger partial charge in [-0.3, -0.25) is 0 Å². The van der Waals surface area contributed by atoms with Crippen molar-refractivity contribution >= 4 is 37.0 Å². The second-order valence-electron chi connectivity index (χ2n) is 8.30. The average molecular weight is 423 g/mol. The van der Waals surface area contributed by atoms with Crippen LogP contribution in [-0.4, -0.2) is 10.5 Å². The maximum atomic E-state index is 5.76. The molecule has 2 aliphatic carbocycles. The van der Waals surface area contributed by atoms with Crippen LogP contribution in [0.1, 0.15) is 74.0 Å². The first-order valence-corrected chi connectivity index (χ1v) is 12.0. The molecule has 0 aliphatic heterocycles. The van der Waals surface area contributed by atoms with Crippen molar-refractivity contribution in [2.75, 3.05) is 0 Å². The Bertz CT molecular complexity index is 718. The summed E-state index contributed by atoms with van der Waals surface area (Å²) in [7, 11) is 0. The quantitative estimate of drug-likeness (QED) is 0.516. The molecule has 4 unspecified atom stereocenters. The lowest BCUT2D eigenvalue weighted by molar-refractivity contribution is 0.384. The van der Waals surface area contributed by atoms with Crippen LogP contribution in [0.5, 0.6) is 0 Å². The third-order valence-corrected chi connectivity index (χ3v) is 10.4. The van der Waals surface area contributed by atoms with Crippen LogP contribution in [0, 0.1) is 13.8 Å². The fourth-order valence-corrected chi connectivity index (χ4v) is 8.27. The first-order valence-electron chi connectivity index (χ1n) is 10.1. The molecule has 2 nitrogen and oxygen atoms in total. The summed E-state index contributed by atoms with van der Waals surface area (Å²) in [5.41, 5.74) is 2.60. The number of thiol groups is 2. The van der Waals surface area contributed by atoms with Gasteiger partial charge in [0.1, 0.15) is 11.5 Å². The number of hydrogen-bond acceptors (Lipinski definition) is 5. The minimum atomic E-state index is -0.0391. The Morgan fingerprint density at radius 2 is 1.26 bits per heavy atom. The van der Waals surface area contributed by atoms with Crippen LogP contribution in [0.4, 0.5) is 0 Å². The summed E-state index contributed by atoms with van der Waals surface area (Å²) in [6.07, 6.45) is 13.5. The van der Waals surface area contributed by atoms with E-state index in [2.05, 4.69) is 23.9 Å². The molecule has 2 fully saturated rings. The molecule has 0 N–H and O–H groups in total. The largest absolute Gasteiger partial charge is 0.469 e. The van der Waals surface area contributed by atoms with Gasteiger partial charge in [0, 0.05) is 21.6 Å². The summed E-state index contributed by atoms with van der Waals surface area (Å²) in [6.45, 7) is 4.07.